The van der Waals surface area contributed by atoms with Crippen molar-refractivity contribution in [3.63, 3.8) is 0 Å². The summed E-state index contributed by atoms with van der Waals surface area (Å²) in [5.41, 5.74) is 6.21. The molecule has 2 rings (SSSR count). The molecule has 2 fully saturated rings. The Hall–Kier alpha value is -0.0800. The number of hydrogen-bond donors (Lipinski definition) is 1. The summed E-state index contributed by atoms with van der Waals surface area (Å²) in [6.45, 7) is 9.64. The lowest BCUT2D eigenvalue weighted by Crippen LogP contribution is -2.53. The van der Waals surface area contributed by atoms with Crippen LogP contribution in [0.3, 0.4) is 0 Å². The van der Waals surface area contributed by atoms with Crippen LogP contribution < -0.4 is 5.73 Å². The summed E-state index contributed by atoms with van der Waals surface area (Å²) in [5.74, 6) is 2.55. The van der Waals surface area contributed by atoms with Gasteiger partial charge in [-0.1, -0.05) is 27.2 Å². The average molecular weight is 238 g/mol. The van der Waals surface area contributed by atoms with Crippen LogP contribution in [0.4, 0.5) is 0 Å². The van der Waals surface area contributed by atoms with Gasteiger partial charge in [0.2, 0.25) is 0 Å². The predicted octanol–water partition coefficient (Wildman–Crippen LogP) is 2.87. The Kier molecular flexibility index (Phi) is 4.48. The highest BCUT2D eigenvalue weighted by molar-refractivity contribution is 4.89. The van der Waals surface area contributed by atoms with E-state index in [1.54, 1.807) is 0 Å². The van der Waals surface area contributed by atoms with Crippen molar-refractivity contribution in [1.82, 2.24) is 4.90 Å². The van der Waals surface area contributed by atoms with Crippen molar-refractivity contribution in [2.75, 3.05) is 13.1 Å². The molecule has 5 atom stereocenters. The molecule has 0 aromatic carbocycles. The van der Waals surface area contributed by atoms with Gasteiger partial charge in [0.1, 0.15) is 0 Å². The first-order chi connectivity index (χ1) is 8.11. The third-order valence-corrected chi connectivity index (χ3v) is 5.20. The van der Waals surface area contributed by atoms with Crippen molar-refractivity contribution >= 4 is 0 Å². The number of likely N-dealkylation sites (tertiary alicyclic amines) is 1. The molecule has 1 aliphatic heterocycles. The van der Waals surface area contributed by atoms with Crippen molar-refractivity contribution in [2.45, 2.75) is 65.0 Å². The highest BCUT2D eigenvalue weighted by Crippen LogP contribution is 2.34. The second-order valence-corrected chi connectivity index (χ2v) is 6.58. The Morgan fingerprint density at radius 3 is 2.59 bits per heavy atom. The molecule has 5 unspecified atom stereocenters. The van der Waals surface area contributed by atoms with Crippen molar-refractivity contribution in [3.8, 4) is 0 Å². The molecule has 1 saturated heterocycles. The molecule has 0 amide bonds. The normalized spacial score (nSPS) is 44.8. The van der Waals surface area contributed by atoms with Gasteiger partial charge in [-0.3, -0.25) is 4.90 Å². The zero-order chi connectivity index (χ0) is 12.4. The quantitative estimate of drug-likeness (QED) is 0.801. The number of nitrogens with two attached hydrogens (primary N) is 1. The maximum Gasteiger partial charge on any atom is 0.0121 e. The lowest BCUT2D eigenvalue weighted by atomic mass is 9.77. The molecule has 0 bridgehead atoms. The molecular formula is C15H30N2. The minimum Gasteiger partial charge on any atom is -0.327 e. The number of hydrogen-bond acceptors (Lipinski definition) is 2. The topological polar surface area (TPSA) is 29.3 Å². The van der Waals surface area contributed by atoms with Gasteiger partial charge in [0.05, 0.1) is 0 Å². The minimum absolute atomic E-state index is 0.453. The molecule has 0 spiro atoms. The van der Waals surface area contributed by atoms with Crippen molar-refractivity contribution in [1.29, 1.82) is 0 Å². The highest BCUT2D eigenvalue weighted by Gasteiger charge is 2.34. The lowest BCUT2D eigenvalue weighted by molar-refractivity contribution is 0.0470. The van der Waals surface area contributed by atoms with E-state index in [4.69, 9.17) is 5.73 Å². The molecular weight excluding hydrogens is 208 g/mol. The maximum absolute atomic E-state index is 6.21. The van der Waals surface area contributed by atoms with Gasteiger partial charge in [-0.25, -0.2) is 0 Å². The van der Waals surface area contributed by atoms with E-state index < -0.39 is 0 Å². The summed E-state index contributed by atoms with van der Waals surface area (Å²) in [5, 5.41) is 0. The van der Waals surface area contributed by atoms with Gasteiger partial charge in [-0.2, -0.15) is 0 Å². The van der Waals surface area contributed by atoms with Crippen LogP contribution in [0.25, 0.3) is 0 Å². The molecule has 2 N–H and O–H groups in total. The molecule has 100 valence electrons. The standard InChI is InChI=1S/C15H30N2/c1-4-13-10-17(8-7-14(13)16)15-6-5-11(2)9-12(15)3/h11-15H,4-10,16H2,1-3H3. The molecule has 1 saturated carbocycles. The van der Waals surface area contributed by atoms with E-state index in [-0.39, 0.29) is 0 Å². The first kappa shape index (κ1) is 13.4. The fourth-order valence-electron chi connectivity index (χ4n) is 4.00. The van der Waals surface area contributed by atoms with E-state index in [1.165, 1.54) is 45.2 Å². The van der Waals surface area contributed by atoms with E-state index in [2.05, 4.69) is 25.7 Å². The van der Waals surface area contributed by atoms with Crippen molar-refractivity contribution in [3.05, 3.63) is 0 Å². The minimum atomic E-state index is 0.453. The van der Waals surface area contributed by atoms with Crippen LogP contribution in [-0.4, -0.2) is 30.1 Å². The zero-order valence-corrected chi connectivity index (χ0v) is 11.9. The molecule has 2 heteroatoms. The average Bonchev–Trinajstić information content (AvgIpc) is 2.30. The summed E-state index contributed by atoms with van der Waals surface area (Å²) < 4.78 is 0. The Morgan fingerprint density at radius 1 is 1.18 bits per heavy atom. The molecule has 2 nitrogen and oxygen atoms in total. The third kappa shape index (κ3) is 3.03. The summed E-state index contributed by atoms with van der Waals surface area (Å²) in [6, 6.07) is 1.29. The fourth-order valence-corrected chi connectivity index (χ4v) is 4.00. The second-order valence-electron chi connectivity index (χ2n) is 6.58. The largest absolute Gasteiger partial charge is 0.327 e. The van der Waals surface area contributed by atoms with Gasteiger partial charge < -0.3 is 5.73 Å². The SMILES string of the molecule is CCC1CN(C2CCC(C)CC2C)CCC1N. The third-order valence-electron chi connectivity index (χ3n) is 5.20. The van der Waals surface area contributed by atoms with Crippen LogP contribution in [0.5, 0.6) is 0 Å². The summed E-state index contributed by atoms with van der Waals surface area (Å²) in [4.78, 5) is 2.76. The Labute approximate surface area is 107 Å². The zero-order valence-electron chi connectivity index (χ0n) is 11.9. The van der Waals surface area contributed by atoms with E-state index in [1.807, 2.05) is 0 Å². The predicted molar refractivity (Wildman–Crippen MR) is 73.9 cm³/mol. The van der Waals surface area contributed by atoms with Crippen LogP contribution >= 0.6 is 0 Å². The molecule has 2 aliphatic rings. The molecule has 17 heavy (non-hydrogen) atoms. The van der Waals surface area contributed by atoms with Gasteiger partial charge >= 0.3 is 0 Å². The van der Waals surface area contributed by atoms with Gasteiger partial charge in [-0.05, 0) is 50.0 Å². The molecule has 0 radical (unpaired) electrons. The van der Waals surface area contributed by atoms with Crippen LogP contribution in [0.15, 0.2) is 0 Å². The van der Waals surface area contributed by atoms with Gasteiger partial charge in [0.25, 0.3) is 0 Å². The van der Waals surface area contributed by atoms with Gasteiger partial charge in [-0.15, -0.1) is 0 Å². The summed E-state index contributed by atoms with van der Waals surface area (Å²) in [6.07, 6.45) is 6.71. The van der Waals surface area contributed by atoms with Crippen LogP contribution in [0.1, 0.15) is 52.9 Å². The molecule has 0 aromatic rings. The van der Waals surface area contributed by atoms with E-state index >= 15 is 0 Å². The number of piperidine rings is 1. The monoisotopic (exact) mass is 238 g/mol. The first-order valence-electron chi connectivity index (χ1n) is 7.61. The van der Waals surface area contributed by atoms with Crippen LogP contribution in [0, 0.1) is 17.8 Å². The highest BCUT2D eigenvalue weighted by atomic mass is 15.2. The van der Waals surface area contributed by atoms with Crippen LogP contribution in [-0.2, 0) is 0 Å². The molecule has 1 heterocycles. The van der Waals surface area contributed by atoms with Gasteiger partial charge in [0, 0.05) is 18.6 Å². The lowest BCUT2D eigenvalue weighted by Gasteiger charge is -2.45. The number of nitrogens with zero attached hydrogens (tertiary/aromatic N) is 1. The van der Waals surface area contributed by atoms with E-state index in [9.17, 15) is 0 Å². The van der Waals surface area contributed by atoms with Crippen molar-refractivity contribution < 1.29 is 0 Å². The molecule has 0 aromatic heterocycles. The Bertz CT molecular complexity index is 241. The summed E-state index contributed by atoms with van der Waals surface area (Å²) in [7, 11) is 0. The number of rotatable bonds is 2. The maximum atomic E-state index is 6.21. The van der Waals surface area contributed by atoms with Gasteiger partial charge in [0.15, 0.2) is 0 Å². The van der Waals surface area contributed by atoms with E-state index in [0.717, 1.165) is 23.8 Å². The fraction of sp³-hybridized carbons (Fsp3) is 1.00. The summed E-state index contributed by atoms with van der Waals surface area (Å²) >= 11 is 0. The molecule has 1 aliphatic carbocycles. The smallest absolute Gasteiger partial charge is 0.0121 e. The first-order valence-corrected chi connectivity index (χ1v) is 7.61. The Morgan fingerprint density at radius 2 is 1.94 bits per heavy atom. The Balaban J connectivity index is 1.93. The van der Waals surface area contributed by atoms with Crippen LogP contribution in [0.2, 0.25) is 0 Å². The van der Waals surface area contributed by atoms with E-state index in [0.29, 0.717) is 6.04 Å². The second kappa shape index (κ2) is 5.71. The van der Waals surface area contributed by atoms with Crippen molar-refractivity contribution in [2.24, 2.45) is 23.5 Å².